The highest BCUT2D eigenvalue weighted by Crippen LogP contribution is 2.25. The largest absolute Gasteiger partial charge is 0.334 e. The Morgan fingerprint density at radius 2 is 2.04 bits per heavy atom. The molecular formula is C19H21N5O. The summed E-state index contributed by atoms with van der Waals surface area (Å²) in [6, 6.07) is 8.15. The van der Waals surface area contributed by atoms with Crippen molar-refractivity contribution >= 4 is 22.5 Å². The first kappa shape index (κ1) is 15.8. The van der Waals surface area contributed by atoms with Gasteiger partial charge in [-0.25, -0.2) is 9.97 Å². The van der Waals surface area contributed by atoms with Gasteiger partial charge in [-0.15, -0.1) is 0 Å². The quantitative estimate of drug-likeness (QED) is 0.772. The summed E-state index contributed by atoms with van der Waals surface area (Å²) in [7, 11) is 1.98. The number of fused-ring (bicyclic) bond motifs is 1. The van der Waals surface area contributed by atoms with Gasteiger partial charge < -0.3 is 15.2 Å². The molecule has 1 saturated heterocycles. The number of hydrogen-bond donors (Lipinski definition) is 2. The molecule has 0 spiro atoms. The molecule has 0 radical (unpaired) electrons. The van der Waals surface area contributed by atoms with Gasteiger partial charge >= 0.3 is 0 Å². The van der Waals surface area contributed by atoms with Crippen LogP contribution in [-0.4, -0.2) is 33.5 Å². The topological polar surface area (TPSA) is 71.8 Å². The number of benzene rings is 1. The van der Waals surface area contributed by atoms with Gasteiger partial charge in [-0.05, 0) is 43.5 Å². The number of nitrogens with one attached hydrogen (secondary N) is 2. The molecule has 1 aliphatic heterocycles. The Labute approximate surface area is 146 Å². The summed E-state index contributed by atoms with van der Waals surface area (Å²) in [5.74, 6) is 0.744. The Morgan fingerprint density at radius 1 is 1.20 bits per heavy atom. The summed E-state index contributed by atoms with van der Waals surface area (Å²) in [5, 5.41) is 8.35. The maximum absolute atomic E-state index is 12.4. The Bertz CT molecular complexity index is 911. The van der Waals surface area contributed by atoms with Crippen LogP contribution in [0.15, 0.2) is 43.0 Å². The van der Waals surface area contributed by atoms with Gasteiger partial charge in [0.25, 0.3) is 0 Å². The van der Waals surface area contributed by atoms with E-state index < -0.39 is 0 Å². The maximum Gasteiger partial charge on any atom is 0.228 e. The van der Waals surface area contributed by atoms with Crippen molar-refractivity contribution in [3.8, 4) is 11.3 Å². The molecule has 1 fully saturated rings. The number of aromatic nitrogens is 3. The van der Waals surface area contributed by atoms with E-state index in [1.54, 1.807) is 12.5 Å². The van der Waals surface area contributed by atoms with Gasteiger partial charge in [-0.2, -0.15) is 0 Å². The van der Waals surface area contributed by atoms with Gasteiger partial charge in [-0.1, -0.05) is 12.1 Å². The predicted molar refractivity (Wildman–Crippen MR) is 98.2 cm³/mol. The van der Waals surface area contributed by atoms with Crippen LogP contribution >= 0.6 is 0 Å². The summed E-state index contributed by atoms with van der Waals surface area (Å²) in [5.41, 5.74) is 2.15. The third kappa shape index (κ3) is 3.25. The summed E-state index contributed by atoms with van der Waals surface area (Å²) in [6.45, 7) is 1.80. The normalized spacial score (nSPS) is 15.4. The number of carbonyl (C=O) groups is 1. The molecule has 3 heterocycles. The molecule has 0 unspecified atom stereocenters. The van der Waals surface area contributed by atoms with E-state index in [0.717, 1.165) is 48.0 Å². The lowest BCUT2D eigenvalue weighted by Crippen LogP contribution is -2.34. The van der Waals surface area contributed by atoms with Crippen molar-refractivity contribution in [2.24, 2.45) is 13.0 Å². The molecule has 1 aromatic carbocycles. The highest BCUT2D eigenvalue weighted by atomic mass is 16.1. The number of rotatable bonds is 3. The number of amides is 1. The molecule has 0 aliphatic carbocycles. The van der Waals surface area contributed by atoms with Gasteiger partial charge in [0.15, 0.2) is 0 Å². The average molecular weight is 335 g/mol. The molecule has 128 valence electrons. The number of piperidine rings is 1. The fourth-order valence-electron chi connectivity index (χ4n) is 3.32. The fraction of sp³-hybridized carbons (Fsp3) is 0.316. The summed E-state index contributed by atoms with van der Waals surface area (Å²) < 4.78 is 1.99. The molecule has 25 heavy (non-hydrogen) atoms. The first-order chi connectivity index (χ1) is 12.2. The molecule has 2 aromatic heterocycles. The third-order valence-electron chi connectivity index (χ3n) is 4.80. The van der Waals surface area contributed by atoms with Crippen LogP contribution in [0.25, 0.3) is 22.0 Å². The lowest BCUT2D eigenvalue weighted by molar-refractivity contribution is -0.120. The molecule has 0 saturated carbocycles. The monoisotopic (exact) mass is 335 g/mol. The number of hydrogen-bond acceptors (Lipinski definition) is 4. The van der Waals surface area contributed by atoms with E-state index in [-0.39, 0.29) is 11.8 Å². The lowest BCUT2D eigenvalue weighted by atomic mass is 9.97. The van der Waals surface area contributed by atoms with E-state index in [1.165, 1.54) is 0 Å². The first-order valence-electron chi connectivity index (χ1n) is 8.59. The van der Waals surface area contributed by atoms with Crippen molar-refractivity contribution < 1.29 is 4.79 Å². The van der Waals surface area contributed by atoms with Crippen LogP contribution in [0.4, 0.5) is 5.82 Å². The smallest absolute Gasteiger partial charge is 0.228 e. The van der Waals surface area contributed by atoms with Gasteiger partial charge in [0.2, 0.25) is 5.91 Å². The molecule has 4 rings (SSSR count). The van der Waals surface area contributed by atoms with Crippen molar-refractivity contribution in [3.63, 3.8) is 0 Å². The first-order valence-corrected chi connectivity index (χ1v) is 8.59. The summed E-state index contributed by atoms with van der Waals surface area (Å²) in [6.07, 6.45) is 7.20. The number of carbonyl (C=O) groups excluding carboxylic acids is 1. The van der Waals surface area contributed by atoms with Crippen LogP contribution < -0.4 is 10.6 Å². The summed E-state index contributed by atoms with van der Waals surface area (Å²) in [4.78, 5) is 21.0. The lowest BCUT2D eigenvalue weighted by Gasteiger charge is -2.21. The van der Waals surface area contributed by atoms with E-state index in [4.69, 9.17) is 0 Å². The van der Waals surface area contributed by atoms with Crippen molar-refractivity contribution in [1.82, 2.24) is 19.9 Å². The number of aryl methyl sites for hydroxylation is 1. The minimum Gasteiger partial charge on any atom is -0.334 e. The number of pyridine rings is 1. The molecule has 6 nitrogen and oxygen atoms in total. The fourth-order valence-corrected chi connectivity index (χ4v) is 3.32. The highest BCUT2D eigenvalue weighted by molar-refractivity contribution is 5.95. The number of anilines is 1. The Hall–Kier alpha value is -2.73. The Kier molecular flexibility index (Phi) is 4.19. The van der Waals surface area contributed by atoms with Crippen LogP contribution in [0.1, 0.15) is 12.8 Å². The van der Waals surface area contributed by atoms with E-state index in [1.807, 2.05) is 29.9 Å². The van der Waals surface area contributed by atoms with Crippen LogP contribution in [0.3, 0.4) is 0 Å². The van der Waals surface area contributed by atoms with Gasteiger partial charge in [0.1, 0.15) is 5.82 Å². The third-order valence-corrected chi connectivity index (χ3v) is 4.80. The number of nitrogens with zero attached hydrogens (tertiary/aromatic N) is 3. The van der Waals surface area contributed by atoms with Crippen molar-refractivity contribution in [1.29, 1.82) is 0 Å². The second-order valence-electron chi connectivity index (χ2n) is 6.53. The van der Waals surface area contributed by atoms with Gasteiger partial charge in [-0.3, -0.25) is 4.79 Å². The average Bonchev–Trinajstić information content (AvgIpc) is 3.08. The highest BCUT2D eigenvalue weighted by Gasteiger charge is 2.21. The Morgan fingerprint density at radius 3 is 2.80 bits per heavy atom. The SMILES string of the molecule is Cn1cncc1-c1ccc2cnc(NC(=O)C3CCNCC3)cc2c1. The van der Waals surface area contributed by atoms with Crippen LogP contribution in [0.2, 0.25) is 0 Å². The number of imidazole rings is 1. The van der Waals surface area contributed by atoms with E-state index in [9.17, 15) is 4.79 Å². The molecule has 3 aromatic rings. The Balaban J connectivity index is 1.60. The molecule has 1 aliphatic rings. The predicted octanol–water partition coefficient (Wildman–Crippen LogP) is 2.57. The van der Waals surface area contributed by atoms with E-state index in [0.29, 0.717) is 5.82 Å². The van der Waals surface area contributed by atoms with E-state index in [2.05, 4.69) is 32.7 Å². The molecule has 2 N–H and O–H groups in total. The molecule has 0 atom stereocenters. The van der Waals surface area contributed by atoms with Gasteiger partial charge in [0, 0.05) is 30.1 Å². The van der Waals surface area contributed by atoms with Crippen LogP contribution in [-0.2, 0) is 11.8 Å². The summed E-state index contributed by atoms with van der Waals surface area (Å²) >= 11 is 0. The standard InChI is InChI=1S/C19H21N5O/c1-24-12-21-11-17(24)14-2-3-15-10-22-18(9-16(15)8-14)23-19(25)13-4-6-20-7-5-13/h2-3,8-13,20H,4-7H2,1H3,(H,22,23,25). The van der Waals surface area contributed by atoms with Gasteiger partial charge in [0.05, 0.1) is 18.2 Å². The molecule has 0 bridgehead atoms. The molecule has 1 amide bonds. The maximum atomic E-state index is 12.4. The zero-order chi connectivity index (χ0) is 17.2. The zero-order valence-corrected chi connectivity index (χ0v) is 14.2. The van der Waals surface area contributed by atoms with Crippen LogP contribution in [0, 0.1) is 5.92 Å². The van der Waals surface area contributed by atoms with Crippen molar-refractivity contribution in [2.45, 2.75) is 12.8 Å². The molecular weight excluding hydrogens is 314 g/mol. The minimum atomic E-state index is 0.0659. The molecule has 6 heteroatoms. The second kappa shape index (κ2) is 6.64. The van der Waals surface area contributed by atoms with Crippen molar-refractivity contribution in [2.75, 3.05) is 18.4 Å². The van der Waals surface area contributed by atoms with E-state index >= 15 is 0 Å². The van der Waals surface area contributed by atoms with Crippen LogP contribution in [0.5, 0.6) is 0 Å². The van der Waals surface area contributed by atoms with Crippen molar-refractivity contribution in [3.05, 3.63) is 43.0 Å². The minimum absolute atomic E-state index is 0.0659. The second-order valence-corrected chi connectivity index (χ2v) is 6.53. The zero-order valence-electron chi connectivity index (χ0n) is 14.2.